The van der Waals surface area contributed by atoms with Gasteiger partial charge in [-0.3, -0.25) is 0 Å². The van der Waals surface area contributed by atoms with Crippen LogP contribution in [0.1, 0.15) is 47.0 Å². The Bertz CT molecular complexity index is 179. The summed E-state index contributed by atoms with van der Waals surface area (Å²) in [5.74, 6) is 0.785. The third-order valence-corrected chi connectivity index (χ3v) is 3.55. The molecular weight excluding hydrogens is 176 g/mol. The van der Waals surface area contributed by atoms with Gasteiger partial charge in [0.2, 0.25) is 0 Å². The number of aliphatic hydroxyl groups is 1. The summed E-state index contributed by atoms with van der Waals surface area (Å²) in [5.41, 5.74) is -0.00120. The lowest BCUT2D eigenvalue weighted by Crippen LogP contribution is -2.41. The van der Waals surface area contributed by atoms with Crippen molar-refractivity contribution < 1.29 is 9.84 Å². The zero-order valence-corrected chi connectivity index (χ0v) is 9.92. The second-order valence-electron chi connectivity index (χ2n) is 5.14. The summed E-state index contributed by atoms with van der Waals surface area (Å²) in [5, 5.41) is 10.0. The topological polar surface area (TPSA) is 29.5 Å². The monoisotopic (exact) mass is 200 g/mol. The molecule has 3 unspecified atom stereocenters. The summed E-state index contributed by atoms with van der Waals surface area (Å²) in [6, 6.07) is 0. The molecule has 2 heteroatoms. The molecule has 1 N–H and O–H groups in total. The van der Waals surface area contributed by atoms with Gasteiger partial charge in [-0.15, -0.1) is 0 Å². The van der Waals surface area contributed by atoms with Crippen LogP contribution in [0.2, 0.25) is 0 Å². The molecule has 1 heterocycles. The molecule has 1 rings (SSSR count). The van der Waals surface area contributed by atoms with Crippen LogP contribution in [0.5, 0.6) is 0 Å². The van der Waals surface area contributed by atoms with Crippen LogP contribution >= 0.6 is 0 Å². The van der Waals surface area contributed by atoms with E-state index in [1.807, 2.05) is 0 Å². The molecule has 0 aromatic carbocycles. The van der Waals surface area contributed by atoms with Crippen LogP contribution in [0.25, 0.3) is 0 Å². The first-order valence-electron chi connectivity index (χ1n) is 5.80. The normalized spacial score (nSPS) is 36.0. The van der Waals surface area contributed by atoms with Crippen molar-refractivity contribution in [3.8, 4) is 0 Å². The van der Waals surface area contributed by atoms with Gasteiger partial charge in [0.1, 0.15) is 0 Å². The van der Waals surface area contributed by atoms with Gasteiger partial charge in [-0.2, -0.15) is 0 Å². The highest BCUT2D eigenvalue weighted by Gasteiger charge is 2.35. The van der Waals surface area contributed by atoms with E-state index in [0.717, 1.165) is 25.9 Å². The highest BCUT2D eigenvalue weighted by atomic mass is 16.5. The van der Waals surface area contributed by atoms with E-state index in [2.05, 4.69) is 27.7 Å². The fourth-order valence-electron chi connectivity index (χ4n) is 2.25. The number of rotatable bonds is 3. The summed E-state index contributed by atoms with van der Waals surface area (Å²) in [6.07, 6.45) is 2.89. The van der Waals surface area contributed by atoms with E-state index in [0.29, 0.717) is 11.8 Å². The second-order valence-corrected chi connectivity index (χ2v) is 5.14. The minimum Gasteiger partial charge on any atom is -0.393 e. The largest absolute Gasteiger partial charge is 0.393 e. The molecule has 1 aliphatic heterocycles. The SMILES string of the molecule is CCC1(C)CC(C(O)C(C)C)CCO1. The van der Waals surface area contributed by atoms with Crippen LogP contribution in [-0.4, -0.2) is 23.4 Å². The third-order valence-electron chi connectivity index (χ3n) is 3.55. The van der Waals surface area contributed by atoms with Crippen molar-refractivity contribution in [2.75, 3.05) is 6.61 Å². The molecule has 14 heavy (non-hydrogen) atoms. The molecule has 0 spiro atoms. The lowest BCUT2D eigenvalue weighted by molar-refractivity contribution is -0.113. The first kappa shape index (κ1) is 12.0. The van der Waals surface area contributed by atoms with E-state index < -0.39 is 0 Å². The maximum atomic E-state index is 10.0. The van der Waals surface area contributed by atoms with E-state index in [-0.39, 0.29) is 11.7 Å². The van der Waals surface area contributed by atoms with E-state index in [1.54, 1.807) is 0 Å². The van der Waals surface area contributed by atoms with Gasteiger partial charge < -0.3 is 9.84 Å². The Balaban J connectivity index is 2.56. The van der Waals surface area contributed by atoms with Gasteiger partial charge >= 0.3 is 0 Å². The summed E-state index contributed by atoms with van der Waals surface area (Å²) < 4.78 is 5.76. The molecule has 1 saturated heterocycles. The fraction of sp³-hybridized carbons (Fsp3) is 1.00. The maximum absolute atomic E-state index is 10.0. The molecule has 1 fully saturated rings. The van der Waals surface area contributed by atoms with Crippen molar-refractivity contribution in [2.45, 2.75) is 58.7 Å². The van der Waals surface area contributed by atoms with Gasteiger partial charge in [0.05, 0.1) is 11.7 Å². The molecule has 0 amide bonds. The Morgan fingerprint density at radius 1 is 1.50 bits per heavy atom. The first-order valence-corrected chi connectivity index (χ1v) is 5.80. The van der Waals surface area contributed by atoms with E-state index >= 15 is 0 Å². The van der Waals surface area contributed by atoms with Crippen LogP contribution < -0.4 is 0 Å². The Labute approximate surface area is 87.7 Å². The minimum atomic E-state index is -0.162. The van der Waals surface area contributed by atoms with Gasteiger partial charge in [0, 0.05) is 6.61 Å². The van der Waals surface area contributed by atoms with Crippen molar-refractivity contribution in [3.63, 3.8) is 0 Å². The predicted octanol–water partition coefficient (Wildman–Crippen LogP) is 2.60. The van der Waals surface area contributed by atoms with Crippen LogP contribution in [-0.2, 0) is 4.74 Å². The Hall–Kier alpha value is -0.0800. The molecular formula is C12H24O2. The number of aliphatic hydroxyl groups excluding tert-OH is 1. The zero-order valence-electron chi connectivity index (χ0n) is 9.92. The van der Waals surface area contributed by atoms with Gasteiger partial charge in [-0.05, 0) is 38.0 Å². The number of hydrogen-bond donors (Lipinski definition) is 1. The summed E-state index contributed by atoms with van der Waals surface area (Å²) in [4.78, 5) is 0. The summed E-state index contributed by atoms with van der Waals surface area (Å²) in [7, 11) is 0. The first-order chi connectivity index (χ1) is 6.48. The Morgan fingerprint density at radius 2 is 2.14 bits per heavy atom. The lowest BCUT2D eigenvalue weighted by atomic mass is 9.79. The maximum Gasteiger partial charge on any atom is 0.0655 e. The zero-order chi connectivity index (χ0) is 10.8. The van der Waals surface area contributed by atoms with E-state index in [9.17, 15) is 5.11 Å². The van der Waals surface area contributed by atoms with Crippen LogP contribution in [0.4, 0.5) is 0 Å². The van der Waals surface area contributed by atoms with Crippen LogP contribution in [0, 0.1) is 11.8 Å². The quantitative estimate of drug-likeness (QED) is 0.759. The van der Waals surface area contributed by atoms with Crippen molar-refractivity contribution >= 4 is 0 Å². The minimum absolute atomic E-state index is 0.00120. The summed E-state index contributed by atoms with van der Waals surface area (Å²) in [6.45, 7) is 9.29. The highest BCUT2D eigenvalue weighted by Crippen LogP contribution is 2.34. The standard InChI is InChI=1S/C12H24O2/c1-5-12(4)8-10(6-7-14-12)11(13)9(2)3/h9-11,13H,5-8H2,1-4H3. The van der Waals surface area contributed by atoms with E-state index in [1.165, 1.54) is 0 Å². The molecule has 0 aromatic rings. The molecule has 3 atom stereocenters. The van der Waals surface area contributed by atoms with Gasteiger partial charge in [-0.25, -0.2) is 0 Å². The van der Waals surface area contributed by atoms with Crippen molar-refractivity contribution in [2.24, 2.45) is 11.8 Å². The van der Waals surface area contributed by atoms with Crippen LogP contribution in [0.15, 0.2) is 0 Å². The second kappa shape index (κ2) is 4.63. The Kier molecular flexibility index (Phi) is 3.96. The predicted molar refractivity (Wildman–Crippen MR) is 58.2 cm³/mol. The molecule has 0 aromatic heterocycles. The average molecular weight is 200 g/mol. The fourth-order valence-corrected chi connectivity index (χ4v) is 2.25. The van der Waals surface area contributed by atoms with Crippen LogP contribution in [0.3, 0.4) is 0 Å². The van der Waals surface area contributed by atoms with Crippen molar-refractivity contribution in [1.82, 2.24) is 0 Å². The van der Waals surface area contributed by atoms with Crippen molar-refractivity contribution in [1.29, 1.82) is 0 Å². The van der Waals surface area contributed by atoms with E-state index in [4.69, 9.17) is 4.74 Å². The van der Waals surface area contributed by atoms with Gasteiger partial charge in [-0.1, -0.05) is 20.8 Å². The van der Waals surface area contributed by atoms with Crippen molar-refractivity contribution in [3.05, 3.63) is 0 Å². The molecule has 0 saturated carbocycles. The molecule has 84 valence electrons. The lowest BCUT2D eigenvalue weighted by Gasteiger charge is -2.40. The number of ether oxygens (including phenoxy) is 1. The molecule has 0 aliphatic carbocycles. The Morgan fingerprint density at radius 3 is 2.64 bits per heavy atom. The summed E-state index contributed by atoms with van der Waals surface area (Å²) >= 11 is 0. The smallest absolute Gasteiger partial charge is 0.0655 e. The highest BCUT2D eigenvalue weighted by molar-refractivity contribution is 4.85. The number of hydrogen-bond acceptors (Lipinski definition) is 2. The molecule has 0 bridgehead atoms. The average Bonchev–Trinajstić information content (AvgIpc) is 2.16. The molecule has 1 aliphatic rings. The van der Waals surface area contributed by atoms with Gasteiger partial charge in [0.15, 0.2) is 0 Å². The van der Waals surface area contributed by atoms with Gasteiger partial charge in [0.25, 0.3) is 0 Å². The molecule has 0 radical (unpaired) electrons. The molecule has 2 nitrogen and oxygen atoms in total. The third kappa shape index (κ3) is 2.71.